The van der Waals surface area contributed by atoms with Crippen LogP contribution in [0.1, 0.15) is 20.8 Å². The molecule has 0 saturated carbocycles. The number of rotatable bonds is 1. The van der Waals surface area contributed by atoms with Gasteiger partial charge in [0.05, 0.1) is 0 Å². The second kappa shape index (κ2) is 4.12. The normalized spacial score (nSPS) is 26.9. The SMILES string of the molecule is CC(C)(C)C(=O)C1C=C2C=CC(O)=CC2OC1=O. The van der Waals surface area contributed by atoms with Crippen molar-refractivity contribution >= 4 is 11.8 Å². The average molecular weight is 248 g/mol. The van der Waals surface area contributed by atoms with Gasteiger partial charge in [-0.1, -0.05) is 32.9 Å². The largest absolute Gasteiger partial charge is 0.508 e. The molecule has 4 nitrogen and oxygen atoms in total. The Labute approximate surface area is 106 Å². The minimum absolute atomic E-state index is 0.0607. The number of hydrogen-bond donors (Lipinski definition) is 1. The zero-order valence-corrected chi connectivity index (χ0v) is 10.6. The van der Waals surface area contributed by atoms with Gasteiger partial charge in [-0.3, -0.25) is 9.59 Å². The number of aliphatic hydroxyl groups is 1. The molecule has 2 atom stereocenters. The van der Waals surface area contributed by atoms with Crippen LogP contribution >= 0.6 is 0 Å². The van der Waals surface area contributed by atoms with Crippen molar-refractivity contribution in [1.29, 1.82) is 0 Å². The molecule has 1 aliphatic carbocycles. The number of hydrogen-bond acceptors (Lipinski definition) is 4. The van der Waals surface area contributed by atoms with Gasteiger partial charge in [-0.2, -0.15) is 0 Å². The summed E-state index contributed by atoms with van der Waals surface area (Å²) >= 11 is 0. The van der Waals surface area contributed by atoms with Crippen molar-refractivity contribution in [3.63, 3.8) is 0 Å². The molecule has 1 aliphatic heterocycles. The molecule has 1 heterocycles. The van der Waals surface area contributed by atoms with Crippen molar-refractivity contribution in [2.75, 3.05) is 0 Å². The molecule has 0 aromatic carbocycles. The van der Waals surface area contributed by atoms with Gasteiger partial charge in [0.2, 0.25) is 0 Å². The van der Waals surface area contributed by atoms with Gasteiger partial charge in [0.25, 0.3) is 0 Å². The molecule has 0 fully saturated rings. The number of carbonyl (C=O) groups is 2. The molecule has 18 heavy (non-hydrogen) atoms. The summed E-state index contributed by atoms with van der Waals surface area (Å²) in [6, 6.07) is 0. The third-order valence-electron chi connectivity index (χ3n) is 2.98. The van der Waals surface area contributed by atoms with E-state index in [4.69, 9.17) is 4.74 Å². The number of aliphatic hydroxyl groups excluding tert-OH is 1. The Hall–Kier alpha value is -1.84. The van der Waals surface area contributed by atoms with Crippen LogP contribution < -0.4 is 0 Å². The summed E-state index contributed by atoms with van der Waals surface area (Å²) in [7, 11) is 0. The highest BCUT2D eigenvalue weighted by Crippen LogP contribution is 2.30. The zero-order chi connectivity index (χ0) is 13.5. The fourth-order valence-corrected chi connectivity index (χ4v) is 1.94. The van der Waals surface area contributed by atoms with Crippen molar-refractivity contribution < 1.29 is 19.4 Å². The highest BCUT2D eigenvalue weighted by atomic mass is 16.5. The first-order valence-electron chi connectivity index (χ1n) is 5.84. The highest BCUT2D eigenvalue weighted by molar-refractivity contribution is 6.04. The van der Waals surface area contributed by atoms with Crippen LogP contribution in [0, 0.1) is 11.3 Å². The second-order valence-electron chi connectivity index (χ2n) is 5.54. The maximum atomic E-state index is 12.1. The summed E-state index contributed by atoms with van der Waals surface area (Å²) in [6.45, 7) is 5.32. The van der Waals surface area contributed by atoms with Crippen LogP contribution in [0.15, 0.2) is 35.6 Å². The number of ether oxygens (including phenoxy) is 1. The van der Waals surface area contributed by atoms with E-state index in [9.17, 15) is 14.7 Å². The average Bonchev–Trinajstić information content (AvgIpc) is 2.25. The van der Waals surface area contributed by atoms with Crippen molar-refractivity contribution in [2.45, 2.75) is 26.9 Å². The van der Waals surface area contributed by atoms with Crippen molar-refractivity contribution in [3.8, 4) is 0 Å². The van der Waals surface area contributed by atoms with E-state index in [0.717, 1.165) is 5.57 Å². The first-order chi connectivity index (χ1) is 8.29. The second-order valence-corrected chi connectivity index (χ2v) is 5.54. The lowest BCUT2D eigenvalue weighted by molar-refractivity contribution is -0.154. The third kappa shape index (κ3) is 2.23. The highest BCUT2D eigenvalue weighted by Gasteiger charge is 2.39. The minimum Gasteiger partial charge on any atom is -0.508 e. The molecule has 0 aromatic rings. The smallest absolute Gasteiger partial charge is 0.321 e. The summed E-state index contributed by atoms with van der Waals surface area (Å²) in [5.41, 5.74) is 0.138. The fraction of sp³-hybridized carbons (Fsp3) is 0.429. The van der Waals surface area contributed by atoms with E-state index >= 15 is 0 Å². The Balaban J connectivity index is 2.32. The van der Waals surface area contributed by atoms with E-state index in [1.54, 1.807) is 32.9 Å². The van der Waals surface area contributed by atoms with Gasteiger partial charge >= 0.3 is 5.97 Å². The van der Waals surface area contributed by atoms with Gasteiger partial charge < -0.3 is 9.84 Å². The summed E-state index contributed by atoms with van der Waals surface area (Å²) in [4.78, 5) is 24.0. The maximum Gasteiger partial charge on any atom is 0.321 e. The van der Waals surface area contributed by atoms with Crippen molar-refractivity contribution in [1.82, 2.24) is 0 Å². The summed E-state index contributed by atoms with van der Waals surface area (Å²) < 4.78 is 5.17. The predicted octanol–water partition coefficient (Wildman–Crippen LogP) is 2.08. The van der Waals surface area contributed by atoms with Crippen molar-refractivity contribution in [3.05, 3.63) is 35.6 Å². The molecular weight excluding hydrogens is 232 g/mol. The monoisotopic (exact) mass is 248 g/mol. The molecule has 0 aromatic heterocycles. The first kappa shape index (κ1) is 12.6. The molecule has 0 spiro atoms. The standard InChI is InChI=1S/C14H16O4/c1-14(2,3)12(16)10-6-8-4-5-9(15)7-11(8)18-13(10)17/h4-7,10-11,15H,1-3H3. The van der Waals surface area contributed by atoms with Gasteiger partial charge in [0, 0.05) is 11.5 Å². The Morgan fingerprint density at radius 2 is 1.94 bits per heavy atom. The summed E-state index contributed by atoms with van der Waals surface area (Å²) in [6.07, 6.45) is 5.67. The first-order valence-corrected chi connectivity index (χ1v) is 5.84. The molecule has 2 unspecified atom stereocenters. The Morgan fingerprint density at radius 3 is 2.56 bits per heavy atom. The maximum absolute atomic E-state index is 12.1. The topological polar surface area (TPSA) is 63.6 Å². The molecule has 1 N–H and O–H groups in total. The van der Waals surface area contributed by atoms with E-state index in [1.807, 2.05) is 0 Å². The lowest BCUT2D eigenvalue weighted by Crippen LogP contribution is -2.39. The Bertz CT molecular complexity index is 488. The van der Waals surface area contributed by atoms with E-state index in [2.05, 4.69) is 0 Å². The summed E-state index contributed by atoms with van der Waals surface area (Å²) in [5, 5.41) is 9.33. The number of allylic oxidation sites excluding steroid dienone is 1. The van der Waals surface area contributed by atoms with Gasteiger partial charge in [-0.05, 0) is 11.6 Å². The van der Waals surface area contributed by atoms with E-state index < -0.39 is 23.4 Å². The van der Waals surface area contributed by atoms with Crippen LogP contribution in [-0.2, 0) is 14.3 Å². The fourth-order valence-electron chi connectivity index (χ4n) is 1.94. The zero-order valence-electron chi connectivity index (χ0n) is 10.6. The van der Waals surface area contributed by atoms with Crippen LogP contribution in [0.5, 0.6) is 0 Å². The summed E-state index contributed by atoms with van der Waals surface area (Å²) in [5.74, 6) is -1.51. The number of Topliss-reactive ketones (excluding diaryl/α,β-unsaturated/α-hetero) is 1. The molecule has 96 valence electrons. The van der Waals surface area contributed by atoms with E-state index in [1.165, 1.54) is 12.2 Å². The number of fused-ring (bicyclic) bond motifs is 1. The third-order valence-corrected chi connectivity index (χ3v) is 2.98. The molecule has 0 amide bonds. The van der Waals surface area contributed by atoms with Crippen LogP contribution in [0.25, 0.3) is 0 Å². The lowest BCUT2D eigenvalue weighted by atomic mass is 9.80. The lowest BCUT2D eigenvalue weighted by Gasteiger charge is -2.29. The number of carbonyl (C=O) groups excluding carboxylic acids is 2. The molecule has 0 bridgehead atoms. The molecule has 2 aliphatic rings. The van der Waals surface area contributed by atoms with E-state index in [0.29, 0.717) is 0 Å². The molecule has 0 radical (unpaired) electrons. The minimum atomic E-state index is -0.852. The number of esters is 1. The van der Waals surface area contributed by atoms with Crippen LogP contribution in [-0.4, -0.2) is 23.0 Å². The van der Waals surface area contributed by atoms with Gasteiger partial charge in [-0.15, -0.1) is 0 Å². The number of ketones is 1. The van der Waals surface area contributed by atoms with Crippen LogP contribution in [0.2, 0.25) is 0 Å². The predicted molar refractivity (Wildman–Crippen MR) is 65.8 cm³/mol. The van der Waals surface area contributed by atoms with Gasteiger partial charge in [-0.25, -0.2) is 0 Å². The quantitative estimate of drug-likeness (QED) is 0.570. The van der Waals surface area contributed by atoms with Crippen molar-refractivity contribution in [2.24, 2.45) is 11.3 Å². The molecule has 4 heteroatoms. The molecule has 0 saturated heterocycles. The van der Waals surface area contributed by atoms with Gasteiger partial charge in [0.1, 0.15) is 17.8 Å². The Morgan fingerprint density at radius 1 is 1.28 bits per heavy atom. The van der Waals surface area contributed by atoms with Crippen LogP contribution in [0.3, 0.4) is 0 Å². The molecular formula is C14H16O4. The van der Waals surface area contributed by atoms with E-state index in [-0.39, 0.29) is 11.5 Å². The van der Waals surface area contributed by atoms with Crippen LogP contribution in [0.4, 0.5) is 0 Å². The molecule has 2 rings (SSSR count). The Kier molecular flexibility index (Phi) is 2.89. The van der Waals surface area contributed by atoms with Gasteiger partial charge in [0.15, 0.2) is 5.78 Å².